The molecule has 1 saturated heterocycles. The number of nitrogens with zero attached hydrogens (tertiary/aromatic N) is 2. The second kappa shape index (κ2) is 8.93. The second-order valence-electron chi connectivity index (χ2n) is 10.2. The molecule has 0 aliphatic carbocycles. The minimum atomic E-state index is -0.0490. The van der Waals surface area contributed by atoms with E-state index in [1.165, 1.54) is 9.75 Å². The molecule has 0 saturated carbocycles. The SMILES string of the molecule is CCC(N)(CC)CCc1ccc(-c2ccnc(NC3CC(C)(C)NC(C)(C)C3)n2)s1. The number of aromatic nitrogens is 2. The Hall–Kier alpha value is -1.50. The zero-order chi connectivity index (χ0) is 22.0. The van der Waals surface area contributed by atoms with Crippen LogP contribution in [0.5, 0.6) is 0 Å². The molecule has 3 rings (SSSR count). The molecule has 1 aliphatic heterocycles. The molecule has 0 amide bonds. The quantitative estimate of drug-likeness (QED) is 0.525. The van der Waals surface area contributed by atoms with E-state index in [4.69, 9.17) is 10.7 Å². The lowest BCUT2D eigenvalue weighted by atomic mass is 9.80. The van der Waals surface area contributed by atoms with E-state index < -0.39 is 0 Å². The van der Waals surface area contributed by atoms with E-state index in [0.717, 1.165) is 50.2 Å². The maximum Gasteiger partial charge on any atom is 0.223 e. The number of hydrogen-bond donors (Lipinski definition) is 3. The monoisotopic (exact) mass is 429 g/mol. The molecule has 0 radical (unpaired) electrons. The second-order valence-corrected chi connectivity index (χ2v) is 11.4. The van der Waals surface area contributed by atoms with Crippen molar-refractivity contribution in [1.82, 2.24) is 15.3 Å². The zero-order valence-corrected chi connectivity index (χ0v) is 20.3. The van der Waals surface area contributed by atoms with Crippen molar-refractivity contribution in [2.45, 2.75) is 103 Å². The van der Waals surface area contributed by atoms with Crippen molar-refractivity contribution in [1.29, 1.82) is 0 Å². The van der Waals surface area contributed by atoms with E-state index in [9.17, 15) is 0 Å². The van der Waals surface area contributed by atoms with Crippen molar-refractivity contribution >= 4 is 17.3 Å². The summed E-state index contributed by atoms with van der Waals surface area (Å²) >= 11 is 1.82. The third-order valence-corrected chi connectivity index (χ3v) is 7.54. The molecular formula is C24H39N5S. The number of aryl methyl sites for hydroxylation is 1. The van der Waals surface area contributed by atoms with Crippen molar-refractivity contribution in [3.8, 4) is 10.6 Å². The molecule has 1 aliphatic rings. The van der Waals surface area contributed by atoms with Gasteiger partial charge in [-0.1, -0.05) is 13.8 Å². The zero-order valence-electron chi connectivity index (χ0n) is 19.5. The van der Waals surface area contributed by atoms with Crippen LogP contribution in [0.4, 0.5) is 5.95 Å². The standard InChI is InChI=1S/C24H39N5S/c1-7-24(25,8-2)13-11-18-9-10-20(30-18)19-12-14-26-21(28-19)27-17-15-22(3,4)29-23(5,6)16-17/h9-10,12,14,17,29H,7-8,11,13,15-16,25H2,1-6H3,(H,26,27,28). The summed E-state index contributed by atoms with van der Waals surface area (Å²) in [6, 6.07) is 6.76. The summed E-state index contributed by atoms with van der Waals surface area (Å²) in [4.78, 5) is 11.9. The van der Waals surface area contributed by atoms with Crippen molar-refractivity contribution in [3.05, 3.63) is 29.3 Å². The molecule has 3 heterocycles. The van der Waals surface area contributed by atoms with E-state index in [0.29, 0.717) is 6.04 Å². The van der Waals surface area contributed by atoms with E-state index >= 15 is 0 Å². The molecule has 5 nitrogen and oxygen atoms in total. The van der Waals surface area contributed by atoms with Gasteiger partial charge in [0.25, 0.3) is 0 Å². The molecule has 4 N–H and O–H groups in total. The lowest BCUT2D eigenvalue weighted by Crippen LogP contribution is -2.60. The van der Waals surface area contributed by atoms with E-state index in [1.54, 1.807) is 0 Å². The Labute approximate surface area is 186 Å². The minimum Gasteiger partial charge on any atom is -0.351 e. The van der Waals surface area contributed by atoms with Crippen LogP contribution in [-0.2, 0) is 6.42 Å². The largest absolute Gasteiger partial charge is 0.351 e. The van der Waals surface area contributed by atoms with Crippen LogP contribution in [-0.4, -0.2) is 32.6 Å². The number of piperidine rings is 1. The lowest BCUT2D eigenvalue weighted by Gasteiger charge is -2.46. The Kier molecular flexibility index (Phi) is 6.90. The third kappa shape index (κ3) is 6.02. The maximum atomic E-state index is 6.48. The van der Waals surface area contributed by atoms with Gasteiger partial charge < -0.3 is 16.4 Å². The molecule has 0 spiro atoms. The van der Waals surface area contributed by atoms with Gasteiger partial charge in [0, 0.05) is 33.7 Å². The van der Waals surface area contributed by atoms with Crippen molar-refractivity contribution < 1.29 is 0 Å². The molecule has 0 bridgehead atoms. The van der Waals surface area contributed by atoms with Crippen LogP contribution in [0.25, 0.3) is 10.6 Å². The van der Waals surface area contributed by atoms with Gasteiger partial charge in [0.1, 0.15) is 0 Å². The molecule has 0 unspecified atom stereocenters. The summed E-state index contributed by atoms with van der Waals surface area (Å²) in [6.45, 7) is 13.4. The lowest BCUT2D eigenvalue weighted by molar-refractivity contribution is 0.170. The van der Waals surface area contributed by atoms with Crippen LogP contribution in [0.15, 0.2) is 24.4 Å². The maximum absolute atomic E-state index is 6.48. The fraction of sp³-hybridized carbons (Fsp3) is 0.667. The van der Waals surface area contributed by atoms with Gasteiger partial charge in [-0.05, 0) is 84.4 Å². The van der Waals surface area contributed by atoms with Crippen LogP contribution >= 0.6 is 11.3 Å². The van der Waals surface area contributed by atoms with Gasteiger partial charge in [-0.25, -0.2) is 9.97 Å². The number of thiophene rings is 1. The van der Waals surface area contributed by atoms with Gasteiger partial charge >= 0.3 is 0 Å². The molecule has 1 fully saturated rings. The normalized spacial score (nSPS) is 19.0. The van der Waals surface area contributed by atoms with Gasteiger partial charge in [-0.2, -0.15) is 0 Å². The Bertz CT molecular complexity index is 822. The number of anilines is 1. The molecule has 2 aromatic rings. The fourth-order valence-corrected chi connectivity index (χ4v) is 5.78. The number of rotatable bonds is 8. The number of nitrogens with one attached hydrogen (secondary N) is 2. The van der Waals surface area contributed by atoms with Gasteiger partial charge in [0.15, 0.2) is 0 Å². The average molecular weight is 430 g/mol. The average Bonchev–Trinajstić information content (AvgIpc) is 3.13. The fourth-order valence-electron chi connectivity index (χ4n) is 4.80. The summed E-state index contributed by atoms with van der Waals surface area (Å²) < 4.78 is 0. The van der Waals surface area contributed by atoms with Crippen LogP contribution < -0.4 is 16.4 Å². The van der Waals surface area contributed by atoms with Crippen LogP contribution in [0.2, 0.25) is 0 Å². The Morgan fingerprint density at radius 1 is 1.13 bits per heavy atom. The smallest absolute Gasteiger partial charge is 0.223 e. The third-order valence-electron chi connectivity index (χ3n) is 6.37. The molecular weight excluding hydrogens is 390 g/mol. The van der Waals surface area contributed by atoms with E-state index in [1.807, 2.05) is 23.6 Å². The van der Waals surface area contributed by atoms with E-state index in [-0.39, 0.29) is 16.6 Å². The molecule has 30 heavy (non-hydrogen) atoms. The predicted molar refractivity (Wildman–Crippen MR) is 129 cm³/mol. The highest BCUT2D eigenvalue weighted by atomic mass is 32.1. The first-order valence-electron chi connectivity index (χ1n) is 11.3. The predicted octanol–water partition coefficient (Wildman–Crippen LogP) is 5.38. The molecule has 6 heteroatoms. The number of nitrogens with two attached hydrogens (primary N) is 1. The van der Waals surface area contributed by atoms with E-state index in [2.05, 4.69) is 69.3 Å². The van der Waals surface area contributed by atoms with Crippen molar-refractivity contribution in [3.63, 3.8) is 0 Å². The van der Waals surface area contributed by atoms with Crippen molar-refractivity contribution in [2.24, 2.45) is 5.73 Å². The highest BCUT2D eigenvalue weighted by Crippen LogP contribution is 2.32. The summed E-state index contributed by atoms with van der Waals surface area (Å²) in [5.41, 5.74) is 7.60. The first kappa shape index (κ1) is 23.2. The summed E-state index contributed by atoms with van der Waals surface area (Å²) in [7, 11) is 0. The highest BCUT2D eigenvalue weighted by molar-refractivity contribution is 7.15. The van der Waals surface area contributed by atoms with Crippen LogP contribution in [0, 0.1) is 0 Å². The van der Waals surface area contributed by atoms with Crippen molar-refractivity contribution in [2.75, 3.05) is 5.32 Å². The Morgan fingerprint density at radius 2 is 1.80 bits per heavy atom. The molecule has 0 atom stereocenters. The minimum absolute atomic E-state index is 0.0490. The topological polar surface area (TPSA) is 75.9 Å². The number of hydrogen-bond acceptors (Lipinski definition) is 6. The Morgan fingerprint density at radius 3 is 2.43 bits per heavy atom. The summed E-state index contributed by atoms with van der Waals surface area (Å²) in [6.07, 6.45) is 8.04. The molecule has 0 aromatic carbocycles. The van der Waals surface area contributed by atoms with Gasteiger partial charge in [0.05, 0.1) is 10.6 Å². The highest BCUT2D eigenvalue weighted by Gasteiger charge is 2.37. The van der Waals surface area contributed by atoms with Gasteiger partial charge in [-0.3, -0.25) is 0 Å². The summed E-state index contributed by atoms with van der Waals surface area (Å²) in [5.74, 6) is 0.721. The molecule has 166 valence electrons. The Balaban J connectivity index is 1.68. The van der Waals surface area contributed by atoms with Gasteiger partial charge in [-0.15, -0.1) is 11.3 Å². The molecule has 2 aromatic heterocycles. The first-order valence-corrected chi connectivity index (χ1v) is 12.1. The van der Waals surface area contributed by atoms with Gasteiger partial charge in [0.2, 0.25) is 5.95 Å². The van der Waals surface area contributed by atoms with Crippen LogP contribution in [0.3, 0.4) is 0 Å². The summed E-state index contributed by atoms with van der Waals surface area (Å²) in [5, 5.41) is 7.33. The first-order chi connectivity index (χ1) is 14.0. The van der Waals surface area contributed by atoms with Crippen LogP contribution in [0.1, 0.15) is 78.5 Å².